The van der Waals surface area contributed by atoms with Crippen LogP contribution < -0.4 is 0 Å². The molecule has 0 bridgehead atoms. The minimum absolute atomic E-state index is 0.0497. The Kier molecular flexibility index (Phi) is 44.4. The fourth-order valence-corrected chi connectivity index (χ4v) is 7.88. The van der Waals surface area contributed by atoms with Gasteiger partial charge in [-0.3, -0.25) is 14.4 Å². The Bertz CT molecular complexity index is 1640. The molecule has 414 valence electrons. The van der Waals surface area contributed by atoms with Crippen molar-refractivity contribution in [1.82, 2.24) is 0 Å². The van der Waals surface area contributed by atoms with Crippen molar-refractivity contribution in [3.8, 4) is 0 Å². The third kappa shape index (κ3) is 38.8. The number of rotatable bonds is 46. The molecular weight excluding hydrogens is 925 g/mol. The summed E-state index contributed by atoms with van der Waals surface area (Å²) in [4.78, 5) is 51.0. The second kappa shape index (κ2) is 48.6. The van der Waals surface area contributed by atoms with E-state index in [2.05, 4.69) is 118 Å². The summed E-state index contributed by atoms with van der Waals surface area (Å²) < 4.78 is 28.3. The first-order valence-corrected chi connectivity index (χ1v) is 28.2. The van der Waals surface area contributed by atoms with Gasteiger partial charge in [0, 0.05) is 19.3 Å². The van der Waals surface area contributed by atoms with Crippen molar-refractivity contribution in [3.63, 3.8) is 0 Å². The first kappa shape index (κ1) is 66.7. The van der Waals surface area contributed by atoms with Crippen LogP contribution in [-0.2, 0) is 42.9 Å². The Morgan fingerprint density at radius 2 is 0.863 bits per heavy atom. The third-order valence-electron chi connectivity index (χ3n) is 12.2. The summed E-state index contributed by atoms with van der Waals surface area (Å²) in [5, 5.41) is 31.4. The summed E-state index contributed by atoms with van der Waals surface area (Å²) in [6.07, 6.45) is 51.0. The molecule has 0 aromatic carbocycles. The Labute approximate surface area is 441 Å². The Hall–Kier alpha value is -4.36. The van der Waals surface area contributed by atoms with Gasteiger partial charge in [0.25, 0.3) is 0 Å². The molecule has 1 aliphatic rings. The Morgan fingerprint density at radius 1 is 0.466 bits per heavy atom. The van der Waals surface area contributed by atoms with E-state index >= 15 is 0 Å². The average Bonchev–Trinajstić information content (AvgIpc) is 3.37. The van der Waals surface area contributed by atoms with Crippen molar-refractivity contribution in [1.29, 1.82) is 0 Å². The molecule has 0 amide bonds. The number of hydrogen-bond acceptors (Lipinski definition) is 11. The van der Waals surface area contributed by atoms with E-state index in [1.807, 2.05) is 0 Å². The highest BCUT2D eigenvalue weighted by Gasteiger charge is 2.50. The smallest absolute Gasteiger partial charge is 0.335 e. The number of carboxylic acid groups (broad SMARTS) is 1. The van der Waals surface area contributed by atoms with Gasteiger partial charge in [0.15, 0.2) is 24.6 Å². The molecule has 0 saturated carbocycles. The van der Waals surface area contributed by atoms with E-state index in [0.29, 0.717) is 19.3 Å². The molecule has 73 heavy (non-hydrogen) atoms. The number of carboxylic acids is 1. The van der Waals surface area contributed by atoms with Gasteiger partial charge in [-0.05, 0) is 96.3 Å². The van der Waals surface area contributed by atoms with Crippen molar-refractivity contribution in [2.45, 2.75) is 250 Å². The summed E-state index contributed by atoms with van der Waals surface area (Å²) >= 11 is 0. The fourth-order valence-electron chi connectivity index (χ4n) is 7.88. The summed E-state index contributed by atoms with van der Waals surface area (Å²) in [6.45, 7) is 5.67. The SMILES string of the molecule is CC/C=C\C/C=C\C/C=C\C/C=C\CCCCC(=O)OCC(COC1OC(C(=O)O)C(O)C(O)C1OC(=O)CCCCCCCCCCCCCCC)OC(=O)CCCC/C=C\C/C=C\C/C=C\C/C=C\CC. The highest BCUT2D eigenvalue weighted by molar-refractivity contribution is 5.74. The van der Waals surface area contributed by atoms with Gasteiger partial charge < -0.3 is 39.0 Å². The van der Waals surface area contributed by atoms with Gasteiger partial charge in [0.2, 0.25) is 0 Å². The first-order valence-electron chi connectivity index (χ1n) is 28.2. The highest BCUT2D eigenvalue weighted by atomic mass is 16.7. The van der Waals surface area contributed by atoms with Crippen LogP contribution in [0, 0.1) is 0 Å². The molecule has 0 aromatic heterocycles. The molecule has 1 heterocycles. The molecule has 6 atom stereocenters. The number of allylic oxidation sites excluding steroid dienone is 16. The summed E-state index contributed by atoms with van der Waals surface area (Å²) in [5.41, 5.74) is 0. The van der Waals surface area contributed by atoms with Crippen LogP contribution in [0.25, 0.3) is 0 Å². The summed E-state index contributed by atoms with van der Waals surface area (Å²) in [6, 6.07) is 0. The lowest BCUT2D eigenvalue weighted by Gasteiger charge is -2.40. The highest BCUT2D eigenvalue weighted by Crippen LogP contribution is 2.26. The fraction of sp³-hybridized carbons (Fsp3) is 0.672. The second-order valence-electron chi connectivity index (χ2n) is 18.8. The van der Waals surface area contributed by atoms with Crippen LogP contribution in [0.5, 0.6) is 0 Å². The van der Waals surface area contributed by atoms with Crippen LogP contribution in [0.3, 0.4) is 0 Å². The minimum Gasteiger partial charge on any atom is -0.479 e. The summed E-state index contributed by atoms with van der Waals surface area (Å²) in [5.74, 6) is -3.24. The molecule has 0 radical (unpaired) electrons. The second-order valence-corrected chi connectivity index (χ2v) is 18.8. The molecule has 3 N–H and O–H groups in total. The number of carbonyl (C=O) groups excluding carboxylic acids is 3. The lowest BCUT2D eigenvalue weighted by molar-refractivity contribution is -0.301. The van der Waals surface area contributed by atoms with Gasteiger partial charge in [0.05, 0.1) is 6.61 Å². The number of hydrogen-bond donors (Lipinski definition) is 3. The minimum atomic E-state index is -1.92. The molecule has 12 heteroatoms. The number of ether oxygens (including phenoxy) is 5. The van der Waals surface area contributed by atoms with E-state index < -0.39 is 67.3 Å². The summed E-state index contributed by atoms with van der Waals surface area (Å²) in [7, 11) is 0. The van der Waals surface area contributed by atoms with E-state index in [4.69, 9.17) is 23.7 Å². The largest absolute Gasteiger partial charge is 0.479 e. The zero-order valence-electron chi connectivity index (χ0n) is 45.3. The Morgan fingerprint density at radius 3 is 1.32 bits per heavy atom. The number of aliphatic carboxylic acids is 1. The normalized spacial score (nSPS) is 19.1. The zero-order valence-corrected chi connectivity index (χ0v) is 45.3. The van der Waals surface area contributed by atoms with Crippen molar-refractivity contribution < 1.29 is 58.2 Å². The molecule has 0 spiro atoms. The predicted molar refractivity (Wildman–Crippen MR) is 294 cm³/mol. The number of esters is 3. The van der Waals surface area contributed by atoms with E-state index in [0.717, 1.165) is 103 Å². The van der Waals surface area contributed by atoms with Crippen LogP contribution in [0.1, 0.15) is 213 Å². The number of aliphatic hydroxyl groups excluding tert-OH is 2. The van der Waals surface area contributed by atoms with E-state index in [-0.39, 0.29) is 25.9 Å². The average molecular weight is 1020 g/mol. The molecule has 12 nitrogen and oxygen atoms in total. The predicted octanol–water partition coefficient (Wildman–Crippen LogP) is 14.1. The number of carbonyl (C=O) groups is 4. The number of unbranched alkanes of at least 4 members (excludes halogenated alkanes) is 16. The van der Waals surface area contributed by atoms with E-state index in [1.54, 1.807) is 0 Å². The third-order valence-corrected chi connectivity index (χ3v) is 12.2. The van der Waals surface area contributed by atoms with Crippen molar-refractivity contribution >= 4 is 23.9 Å². The van der Waals surface area contributed by atoms with Crippen LogP contribution in [0.4, 0.5) is 0 Å². The monoisotopic (exact) mass is 1020 g/mol. The maximum atomic E-state index is 13.1. The maximum Gasteiger partial charge on any atom is 0.335 e. The zero-order chi connectivity index (χ0) is 53.3. The van der Waals surface area contributed by atoms with Crippen LogP contribution >= 0.6 is 0 Å². The maximum absolute atomic E-state index is 13.1. The lowest BCUT2D eigenvalue weighted by Crippen LogP contribution is -2.61. The van der Waals surface area contributed by atoms with Crippen LogP contribution in [0.15, 0.2) is 97.2 Å². The van der Waals surface area contributed by atoms with Crippen molar-refractivity contribution in [2.75, 3.05) is 13.2 Å². The van der Waals surface area contributed by atoms with Gasteiger partial charge in [0.1, 0.15) is 18.8 Å². The van der Waals surface area contributed by atoms with Gasteiger partial charge in [-0.1, -0.05) is 195 Å². The molecule has 0 aromatic rings. The van der Waals surface area contributed by atoms with Gasteiger partial charge in [-0.15, -0.1) is 0 Å². The standard InChI is InChI=1S/C61H98O12/c1-4-7-10-13-16-19-22-25-27-30-32-35-38-41-44-47-53(62)69-50-52(71-54(63)48-45-42-39-36-34-31-28-26-23-20-17-14-11-8-5-2)51-70-61-59(57(66)56(65)58(73-61)60(67)68)72-55(64)49-46-43-40-37-33-29-24-21-18-15-12-9-6-3/h7-8,10-11,16-17,19-20,25-28,32,34-36,52,56-59,61,65-66H,4-6,9,12-15,18,21-24,29-31,33,37-51H2,1-3H3,(H,67,68)/b10-7-,11-8-,19-16-,20-17-,27-25-,28-26-,35-32-,36-34-. The molecule has 1 saturated heterocycles. The van der Waals surface area contributed by atoms with Gasteiger partial charge in [-0.25, -0.2) is 4.79 Å². The van der Waals surface area contributed by atoms with E-state index in [1.165, 1.54) is 51.4 Å². The molecule has 0 aliphatic carbocycles. The number of aliphatic hydroxyl groups is 2. The molecule has 6 unspecified atom stereocenters. The first-order chi connectivity index (χ1) is 35.6. The van der Waals surface area contributed by atoms with Crippen molar-refractivity contribution in [2.24, 2.45) is 0 Å². The molecule has 1 fully saturated rings. The van der Waals surface area contributed by atoms with Crippen molar-refractivity contribution in [3.05, 3.63) is 97.2 Å². The van der Waals surface area contributed by atoms with Gasteiger partial charge >= 0.3 is 23.9 Å². The Balaban J connectivity index is 2.77. The molecular formula is C61H98O12. The topological polar surface area (TPSA) is 175 Å². The molecule has 1 aliphatic heterocycles. The lowest BCUT2D eigenvalue weighted by atomic mass is 9.98. The van der Waals surface area contributed by atoms with Crippen LogP contribution in [0.2, 0.25) is 0 Å². The molecule has 1 rings (SSSR count). The van der Waals surface area contributed by atoms with Gasteiger partial charge in [-0.2, -0.15) is 0 Å². The quantitative estimate of drug-likeness (QED) is 0.0228. The van der Waals surface area contributed by atoms with E-state index in [9.17, 15) is 34.5 Å². The van der Waals surface area contributed by atoms with Crippen LogP contribution in [-0.4, -0.2) is 89.2 Å².